The largest absolute Gasteiger partial charge is 0.448 e. The van der Waals surface area contributed by atoms with E-state index in [0.29, 0.717) is 12.3 Å². The van der Waals surface area contributed by atoms with Crippen LogP contribution >= 0.6 is 0 Å². The Hall–Kier alpha value is -3.59. The number of carbonyl (C=O) groups excluding carboxylic acids is 2. The number of benzene rings is 2. The number of Topliss-reactive ketones (excluding diaryl/α,β-unsaturated/α-hetero) is 2. The minimum Gasteiger partial charge on any atom is -0.448 e. The fraction of sp³-hybridized carbons (Fsp3) is 0.182. The third-order valence-corrected chi connectivity index (χ3v) is 6.32. The minimum absolute atomic E-state index is 0.0319. The van der Waals surface area contributed by atoms with Crippen LogP contribution in [0.15, 0.2) is 74.7 Å². The first-order chi connectivity index (χ1) is 14.8. The van der Waals surface area contributed by atoms with Gasteiger partial charge in [-0.05, 0) is 37.1 Å². The standard InChI is InChI=1S/C22H19N3O5S/c1-14(26)16-7-9-18-20(13-16)31(28,29)25-21(24-18)19(27)10-8-17(22-23-11-12-30-22)15-5-3-2-4-6-15/h2-7,9,11-13,17H,8,10H2,1H3,(H,24,25). The van der Waals surface area contributed by atoms with Gasteiger partial charge in [0.15, 0.2) is 17.4 Å². The average Bonchev–Trinajstić information content (AvgIpc) is 3.28. The van der Waals surface area contributed by atoms with Gasteiger partial charge in [-0.15, -0.1) is 4.40 Å². The third kappa shape index (κ3) is 4.31. The van der Waals surface area contributed by atoms with Gasteiger partial charge in [0, 0.05) is 12.0 Å². The quantitative estimate of drug-likeness (QED) is 0.561. The van der Waals surface area contributed by atoms with Crippen molar-refractivity contribution in [3.63, 3.8) is 0 Å². The second kappa shape index (κ2) is 8.27. The van der Waals surface area contributed by atoms with E-state index in [0.717, 1.165) is 5.56 Å². The van der Waals surface area contributed by atoms with E-state index in [2.05, 4.69) is 14.7 Å². The van der Waals surface area contributed by atoms with Crippen LogP contribution in [0.2, 0.25) is 0 Å². The first-order valence-electron chi connectivity index (χ1n) is 9.59. The zero-order valence-corrected chi connectivity index (χ0v) is 17.4. The molecule has 0 spiro atoms. The molecule has 31 heavy (non-hydrogen) atoms. The van der Waals surface area contributed by atoms with Gasteiger partial charge in [0.2, 0.25) is 5.89 Å². The Morgan fingerprint density at radius 2 is 1.90 bits per heavy atom. The molecule has 158 valence electrons. The van der Waals surface area contributed by atoms with Gasteiger partial charge in [-0.25, -0.2) is 4.98 Å². The van der Waals surface area contributed by atoms with E-state index in [-0.39, 0.29) is 40.1 Å². The maximum atomic E-state index is 12.8. The lowest BCUT2D eigenvalue weighted by atomic mass is 9.93. The Labute approximate surface area is 179 Å². The molecule has 1 unspecified atom stereocenters. The second-order valence-corrected chi connectivity index (χ2v) is 8.68. The number of nitrogens with zero attached hydrogens (tertiary/aromatic N) is 2. The summed E-state index contributed by atoms with van der Waals surface area (Å²) in [6.45, 7) is 1.35. The molecule has 0 fully saturated rings. The molecule has 3 aromatic rings. The topological polar surface area (TPSA) is 119 Å². The number of hydrogen-bond donors (Lipinski definition) is 1. The Morgan fingerprint density at radius 3 is 2.58 bits per heavy atom. The summed E-state index contributed by atoms with van der Waals surface area (Å²) in [5.74, 6) is -0.736. The van der Waals surface area contributed by atoms with Crippen molar-refractivity contribution in [2.75, 3.05) is 5.32 Å². The first kappa shape index (κ1) is 20.7. The van der Waals surface area contributed by atoms with E-state index in [1.165, 1.54) is 31.4 Å². The smallest absolute Gasteiger partial charge is 0.286 e. The lowest BCUT2D eigenvalue weighted by molar-refractivity contribution is -0.113. The number of ketones is 2. The average molecular weight is 437 g/mol. The van der Waals surface area contributed by atoms with E-state index in [4.69, 9.17) is 4.42 Å². The van der Waals surface area contributed by atoms with Gasteiger partial charge < -0.3 is 9.73 Å². The van der Waals surface area contributed by atoms with Crippen molar-refractivity contribution in [3.8, 4) is 0 Å². The highest BCUT2D eigenvalue weighted by Crippen LogP contribution is 2.31. The first-order valence-corrected chi connectivity index (χ1v) is 11.0. The zero-order valence-electron chi connectivity index (χ0n) is 16.6. The number of hydrogen-bond acceptors (Lipinski definition) is 7. The maximum Gasteiger partial charge on any atom is 0.286 e. The van der Waals surface area contributed by atoms with Crippen LogP contribution in [0.1, 0.15) is 47.5 Å². The highest BCUT2D eigenvalue weighted by molar-refractivity contribution is 7.90. The lowest BCUT2D eigenvalue weighted by Gasteiger charge is -2.19. The summed E-state index contributed by atoms with van der Waals surface area (Å²) in [5, 5.41) is 2.79. The molecule has 4 rings (SSSR count). The van der Waals surface area contributed by atoms with Gasteiger partial charge in [-0.3, -0.25) is 9.59 Å². The number of fused-ring (bicyclic) bond motifs is 1. The number of carbonyl (C=O) groups is 2. The van der Waals surface area contributed by atoms with Gasteiger partial charge in [-0.1, -0.05) is 30.3 Å². The molecule has 2 aromatic carbocycles. The molecule has 0 saturated heterocycles. The van der Waals surface area contributed by atoms with Crippen molar-refractivity contribution in [1.29, 1.82) is 0 Å². The van der Waals surface area contributed by atoms with Crippen LogP contribution in [-0.4, -0.2) is 30.8 Å². The Balaban J connectivity index is 1.55. The van der Waals surface area contributed by atoms with Crippen molar-refractivity contribution >= 4 is 33.1 Å². The van der Waals surface area contributed by atoms with Crippen molar-refractivity contribution < 1.29 is 22.4 Å². The maximum absolute atomic E-state index is 12.8. The van der Waals surface area contributed by atoms with Crippen LogP contribution in [0, 0.1) is 0 Å². The number of amidine groups is 1. The highest BCUT2D eigenvalue weighted by atomic mass is 32.2. The van der Waals surface area contributed by atoms with Crippen LogP contribution in [0.3, 0.4) is 0 Å². The van der Waals surface area contributed by atoms with E-state index in [1.54, 1.807) is 6.20 Å². The van der Waals surface area contributed by atoms with E-state index >= 15 is 0 Å². The lowest BCUT2D eigenvalue weighted by Crippen LogP contribution is -2.29. The molecular formula is C22H19N3O5S. The summed E-state index contributed by atoms with van der Waals surface area (Å²) in [6, 6.07) is 13.7. The Bertz CT molecular complexity index is 1270. The molecule has 1 aromatic heterocycles. The molecule has 0 amide bonds. The van der Waals surface area contributed by atoms with Crippen LogP contribution in [0.25, 0.3) is 0 Å². The predicted molar refractivity (Wildman–Crippen MR) is 114 cm³/mol. The summed E-state index contributed by atoms with van der Waals surface area (Å²) in [5.41, 5.74) is 1.41. The summed E-state index contributed by atoms with van der Waals surface area (Å²) in [4.78, 5) is 28.5. The van der Waals surface area contributed by atoms with Gasteiger partial charge in [0.05, 0.1) is 17.8 Å². The number of nitrogens with one attached hydrogen (secondary N) is 1. The number of sulfonamides is 1. The number of rotatable bonds is 7. The van der Waals surface area contributed by atoms with Crippen LogP contribution in [0.4, 0.5) is 5.69 Å². The fourth-order valence-electron chi connectivity index (χ4n) is 3.42. The second-order valence-electron chi connectivity index (χ2n) is 7.10. The molecule has 1 atom stereocenters. The number of anilines is 1. The molecule has 9 heteroatoms. The van der Waals surface area contributed by atoms with E-state index in [1.807, 2.05) is 30.3 Å². The third-order valence-electron chi connectivity index (χ3n) is 5.01. The van der Waals surface area contributed by atoms with Crippen LogP contribution in [-0.2, 0) is 14.8 Å². The summed E-state index contributed by atoms with van der Waals surface area (Å²) in [6.07, 6.45) is 3.40. The van der Waals surface area contributed by atoms with Crippen molar-refractivity contribution in [2.24, 2.45) is 4.40 Å². The monoisotopic (exact) mass is 437 g/mol. The van der Waals surface area contributed by atoms with Gasteiger partial charge in [0.1, 0.15) is 11.2 Å². The predicted octanol–water partition coefficient (Wildman–Crippen LogP) is 3.57. The number of oxazole rings is 1. The molecule has 0 aliphatic carbocycles. The number of aromatic nitrogens is 1. The molecule has 0 bridgehead atoms. The van der Waals surface area contributed by atoms with Gasteiger partial charge >= 0.3 is 0 Å². The van der Waals surface area contributed by atoms with E-state index in [9.17, 15) is 18.0 Å². The minimum atomic E-state index is -4.10. The molecule has 0 saturated carbocycles. The molecule has 8 nitrogen and oxygen atoms in total. The van der Waals surface area contributed by atoms with Crippen molar-refractivity contribution in [3.05, 3.63) is 78.0 Å². The van der Waals surface area contributed by atoms with Crippen LogP contribution < -0.4 is 5.32 Å². The van der Waals surface area contributed by atoms with Crippen LogP contribution in [0.5, 0.6) is 0 Å². The van der Waals surface area contributed by atoms with E-state index < -0.39 is 15.8 Å². The van der Waals surface area contributed by atoms with Gasteiger partial charge in [-0.2, -0.15) is 8.42 Å². The molecule has 0 radical (unpaired) electrons. The summed E-state index contributed by atoms with van der Waals surface area (Å²) < 4.78 is 34.3. The van der Waals surface area contributed by atoms with Gasteiger partial charge in [0.25, 0.3) is 10.0 Å². The zero-order chi connectivity index (χ0) is 22.0. The SMILES string of the molecule is CC(=O)c1ccc2c(c1)S(=O)(=O)N=C(C(=O)CCC(c1ccccc1)c1ncco1)N2. The van der Waals surface area contributed by atoms with Crippen molar-refractivity contribution in [1.82, 2.24) is 4.98 Å². The highest BCUT2D eigenvalue weighted by Gasteiger charge is 2.29. The fourth-order valence-corrected chi connectivity index (χ4v) is 4.58. The normalized spacial score (nSPS) is 15.3. The molecule has 1 aliphatic heterocycles. The molecular weight excluding hydrogens is 418 g/mol. The molecule has 2 heterocycles. The molecule has 1 N–H and O–H groups in total. The molecule has 1 aliphatic rings. The Kier molecular flexibility index (Phi) is 5.51. The Morgan fingerprint density at radius 1 is 1.13 bits per heavy atom. The summed E-state index contributed by atoms with van der Waals surface area (Å²) in [7, 11) is -4.10. The van der Waals surface area contributed by atoms with Crippen molar-refractivity contribution in [2.45, 2.75) is 30.6 Å². The summed E-state index contributed by atoms with van der Waals surface area (Å²) >= 11 is 0.